The van der Waals surface area contributed by atoms with Crippen LogP contribution in [0.5, 0.6) is 0 Å². The molecule has 19 heavy (non-hydrogen) atoms. The average Bonchev–Trinajstić information content (AvgIpc) is 2.37. The summed E-state index contributed by atoms with van der Waals surface area (Å²) in [6.07, 6.45) is 2.12. The van der Waals surface area contributed by atoms with Crippen LogP contribution in [0, 0.1) is 0 Å². The summed E-state index contributed by atoms with van der Waals surface area (Å²) in [7, 11) is -1.52. The van der Waals surface area contributed by atoms with Crippen molar-refractivity contribution >= 4 is 16.4 Å². The van der Waals surface area contributed by atoms with Crippen LogP contribution in [-0.4, -0.2) is 59.2 Å². The van der Waals surface area contributed by atoms with E-state index in [1.165, 1.54) is 0 Å². The lowest BCUT2D eigenvalue weighted by molar-refractivity contribution is 0.123. The third-order valence-corrected chi connectivity index (χ3v) is 6.55. The molecule has 0 aliphatic carbocycles. The highest BCUT2D eigenvalue weighted by Crippen LogP contribution is 2.35. The van der Waals surface area contributed by atoms with E-state index in [4.69, 9.17) is 23.1 Å². The molecule has 9 heteroatoms. The van der Waals surface area contributed by atoms with E-state index in [0.29, 0.717) is 6.42 Å². The standard InChI is InChI=1S/C10H26NO6PSi/c1-15-19(16-2,17-3)10-6-8-11-7-4-5-9-18(12,13)14/h11H,4-10H2,1-3H3,(H2,12,13,14). The van der Waals surface area contributed by atoms with Gasteiger partial charge in [-0.05, 0) is 32.4 Å². The molecule has 0 fully saturated rings. The van der Waals surface area contributed by atoms with E-state index in [1.807, 2.05) is 0 Å². The molecule has 0 bridgehead atoms. The van der Waals surface area contributed by atoms with E-state index in [-0.39, 0.29) is 6.16 Å². The lowest BCUT2D eigenvalue weighted by Gasteiger charge is -2.24. The topological polar surface area (TPSA) is 97.3 Å². The molecule has 116 valence electrons. The van der Waals surface area contributed by atoms with Crippen molar-refractivity contribution in [3.63, 3.8) is 0 Å². The first-order valence-corrected chi connectivity index (χ1v) is 10.0. The third kappa shape index (κ3) is 9.70. The van der Waals surface area contributed by atoms with Gasteiger partial charge in [-0.3, -0.25) is 4.57 Å². The maximum absolute atomic E-state index is 10.6. The smallest absolute Gasteiger partial charge is 0.377 e. The van der Waals surface area contributed by atoms with Gasteiger partial charge in [0.15, 0.2) is 0 Å². The Balaban J connectivity index is 3.52. The molecule has 0 rings (SSSR count). The second-order valence-electron chi connectivity index (χ2n) is 4.24. The molecule has 0 aromatic heterocycles. The summed E-state index contributed by atoms with van der Waals surface area (Å²) in [4.78, 5) is 17.4. The van der Waals surface area contributed by atoms with E-state index in [2.05, 4.69) is 5.32 Å². The number of rotatable bonds is 12. The first-order chi connectivity index (χ1) is 8.89. The summed E-state index contributed by atoms with van der Waals surface area (Å²) in [6, 6.07) is 0.742. The SMILES string of the molecule is CO[Si](CCCNCCCCP(=O)(O)O)(OC)OC. The molecule has 7 nitrogen and oxygen atoms in total. The minimum atomic E-state index is -3.83. The molecule has 3 N–H and O–H groups in total. The third-order valence-electron chi connectivity index (χ3n) is 2.82. The van der Waals surface area contributed by atoms with Crippen molar-refractivity contribution in [1.82, 2.24) is 5.32 Å². The van der Waals surface area contributed by atoms with Crippen molar-refractivity contribution in [3.05, 3.63) is 0 Å². The molecule has 0 aliphatic rings. The molecule has 0 atom stereocenters. The van der Waals surface area contributed by atoms with Gasteiger partial charge in [0.05, 0.1) is 0 Å². The van der Waals surface area contributed by atoms with Gasteiger partial charge in [-0.25, -0.2) is 0 Å². The Morgan fingerprint density at radius 3 is 2.00 bits per heavy atom. The predicted octanol–water partition coefficient (Wildman–Crippen LogP) is 0.802. The Bertz CT molecular complexity index is 262. The van der Waals surface area contributed by atoms with Crippen LogP contribution in [0.4, 0.5) is 0 Å². The Kier molecular flexibility index (Phi) is 10.1. The molecule has 0 saturated heterocycles. The molecular weight excluding hydrogens is 289 g/mol. The van der Waals surface area contributed by atoms with Gasteiger partial charge in [0.2, 0.25) is 0 Å². The fourth-order valence-corrected chi connectivity index (χ4v) is 4.04. The molecular formula is C10H26NO6PSi. The summed E-state index contributed by atoms with van der Waals surface area (Å²) in [5, 5.41) is 3.22. The van der Waals surface area contributed by atoms with Crippen LogP contribution in [0.1, 0.15) is 19.3 Å². The Hall–Kier alpha value is 0.207. The fourth-order valence-electron chi connectivity index (χ4n) is 1.68. The molecule has 0 radical (unpaired) electrons. The number of nitrogens with one attached hydrogen (secondary N) is 1. The molecule has 0 aliphatic heterocycles. The quantitative estimate of drug-likeness (QED) is 0.278. The zero-order valence-electron chi connectivity index (χ0n) is 11.9. The van der Waals surface area contributed by atoms with E-state index < -0.39 is 16.4 Å². The Labute approximate surface area is 116 Å². The van der Waals surface area contributed by atoms with E-state index in [0.717, 1.165) is 32.0 Å². The van der Waals surface area contributed by atoms with Crippen molar-refractivity contribution in [1.29, 1.82) is 0 Å². The van der Waals surface area contributed by atoms with Gasteiger partial charge < -0.3 is 28.4 Å². The zero-order chi connectivity index (χ0) is 14.8. The van der Waals surface area contributed by atoms with Crippen LogP contribution in [-0.2, 0) is 17.8 Å². The Morgan fingerprint density at radius 2 is 1.53 bits per heavy atom. The van der Waals surface area contributed by atoms with Gasteiger partial charge in [-0.2, -0.15) is 0 Å². The van der Waals surface area contributed by atoms with Gasteiger partial charge in [0, 0.05) is 33.5 Å². The van der Waals surface area contributed by atoms with Gasteiger partial charge >= 0.3 is 16.4 Å². The van der Waals surface area contributed by atoms with Crippen LogP contribution in [0.3, 0.4) is 0 Å². The normalized spacial score (nSPS) is 12.9. The van der Waals surface area contributed by atoms with E-state index in [1.54, 1.807) is 21.3 Å². The van der Waals surface area contributed by atoms with Crippen LogP contribution in [0.25, 0.3) is 0 Å². The highest BCUT2D eigenvalue weighted by molar-refractivity contribution is 7.51. The summed E-state index contributed by atoms with van der Waals surface area (Å²) in [6.45, 7) is 1.56. The minimum Gasteiger partial charge on any atom is -0.377 e. The van der Waals surface area contributed by atoms with Crippen LogP contribution in [0.15, 0.2) is 0 Å². The maximum Gasteiger partial charge on any atom is 0.500 e. The van der Waals surface area contributed by atoms with Crippen LogP contribution >= 0.6 is 7.60 Å². The molecule has 0 unspecified atom stereocenters. The molecule has 0 amide bonds. The van der Waals surface area contributed by atoms with Crippen LogP contribution in [0.2, 0.25) is 6.04 Å². The van der Waals surface area contributed by atoms with Gasteiger partial charge in [-0.15, -0.1) is 0 Å². The first-order valence-electron chi connectivity index (χ1n) is 6.30. The van der Waals surface area contributed by atoms with Gasteiger partial charge in [0.25, 0.3) is 0 Å². The van der Waals surface area contributed by atoms with E-state index in [9.17, 15) is 4.57 Å². The second kappa shape index (κ2) is 10.0. The van der Waals surface area contributed by atoms with Crippen molar-refractivity contribution in [3.8, 4) is 0 Å². The van der Waals surface area contributed by atoms with Crippen molar-refractivity contribution < 1.29 is 27.6 Å². The highest BCUT2D eigenvalue weighted by Gasteiger charge is 2.36. The minimum absolute atomic E-state index is 0.0400. The van der Waals surface area contributed by atoms with Crippen molar-refractivity contribution in [2.45, 2.75) is 25.3 Å². The molecule has 0 spiro atoms. The summed E-state index contributed by atoms with van der Waals surface area (Å²) < 4.78 is 26.5. The fraction of sp³-hybridized carbons (Fsp3) is 1.00. The average molecular weight is 315 g/mol. The number of hydrogen-bond acceptors (Lipinski definition) is 5. The molecule has 0 saturated carbocycles. The molecule has 0 aromatic rings. The first kappa shape index (κ1) is 19.2. The monoisotopic (exact) mass is 315 g/mol. The van der Waals surface area contributed by atoms with Crippen molar-refractivity contribution in [2.24, 2.45) is 0 Å². The van der Waals surface area contributed by atoms with E-state index >= 15 is 0 Å². The maximum atomic E-state index is 10.6. The Morgan fingerprint density at radius 1 is 1.00 bits per heavy atom. The summed E-state index contributed by atoms with van der Waals surface area (Å²) >= 11 is 0. The molecule has 0 heterocycles. The van der Waals surface area contributed by atoms with Gasteiger partial charge in [-0.1, -0.05) is 0 Å². The molecule has 0 aromatic carbocycles. The summed E-state index contributed by atoms with van der Waals surface area (Å²) in [5.41, 5.74) is 0. The highest BCUT2D eigenvalue weighted by atomic mass is 31.2. The second-order valence-corrected chi connectivity index (χ2v) is 9.11. The predicted molar refractivity (Wildman–Crippen MR) is 75.2 cm³/mol. The lowest BCUT2D eigenvalue weighted by atomic mass is 10.3. The lowest BCUT2D eigenvalue weighted by Crippen LogP contribution is -2.43. The number of hydrogen-bond donors (Lipinski definition) is 3. The van der Waals surface area contributed by atoms with Gasteiger partial charge in [0.1, 0.15) is 0 Å². The zero-order valence-corrected chi connectivity index (χ0v) is 13.8. The largest absolute Gasteiger partial charge is 0.500 e. The van der Waals surface area contributed by atoms with Crippen molar-refractivity contribution in [2.75, 3.05) is 40.6 Å². The number of unbranched alkanes of at least 4 members (excludes halogenated alkanes) is 1. The van der Waals surface area contributed by atoms with Crippen LogP contribution < -0.4 is 5.32 Å². The summed E-state index contributed by atoms with van der Waals surface area (Å²) in [5.74, 6) is 0.